The number of benzene rings is 4. The minimum atomic E-state index is -0.287. The van der Waals surface area contributed by atoms with Crippen molar-refractivity contribution in [1.29, 1.82) is 0 Å². The lowest BCUT2D eigenvalue weighted by Crippen LogP contribution is -2.31. The van der Waals surface area contributed by atoms with Crippen LogP contribution in [0.2, 0.25) is 0 Å². The van der Waals surface area contributed by atoms with Crippen molar-refractivity contribution in [3.63, 3.8) is 0 Å². The number of aryl methyl sites for hydroxylation is 3. The molecule has 38 heavy (non-hydrogen) atoms. The third-order valence-corrected chi connectivity index (χ3v) is 7.59. The lowest BCUT2D eigenvalue weighted by molar-refractivity contribution is -0.660. The fraction of sp³-hybridized carbons (Fsp3) is 0.171. The summed E-state index contributed by atoms with van der Waals surface area (Å²) in [6.07, 6.45) is 2.11. The Morgan fingerprint density at radius 2 is 1.24 bits per heavy atom. The number of hydrogen-bond acceptors (Lipinski definition) is 1. The monoisotopic (exact) mass is 500 g/mol. The predicted octanol–water partition coefficient (Wildman–Crippen LogP) is 9.29. The molecule has 2 aromatic heterocycles. The molecule has 4 aromatic carbocycles. The number of pyridine rings is 1. The number of halogens is 1. The van der Waals surface area contributed by atoms with Crippen molar-refractivity contribution in [3.05, 3.63) is 114 Å². The minimum Gasteiger partial charge on any atom is -0.454 e. The summed E-state index contributed by atoms with van der Waals surface area (Å²) in [7, 11) is 2.05. The molecule has 3 heteroatoms. The molecule has 0 amide bonds. The first-order chi connectivity index (χ1) is 18.3. The van der Waals surface area contributed by atoms with E-state index in [2.05, 4.69) is 99.1 Å². The lowest BCUT2D eigenvalue weighted by Gasteiger charge is -2.09. The lowest BCUT2D eigenvalue weighted by atomic mass is 9.96. The predicted molar refractivity (Wildman–Crippen MR) is 155 cm³/mol. The van der Waals surface area contributed by atoms with E-state index >= 15 is 4.39 Å². The van der Waals surface area contributed by atoms with Gasteiger partial charge in [0.15, 0.2) is 6.20 Å². The quantitative estimate of drug-likeness (QED) is 0.220. The average molecular weight is 501 g/mol. The third-order valence-electron chi connectivity index (χ3n) is 7.59. The van der Waals surface area contributed by atoms with Gasteiger partial charge >= 0.3 is 0 Å². The second-order valence-electron chi connectivity index (χ2n) is 10.6. The first-order valence-corrected chi connectivity index (χ1v) is 13.1. The summed E-state index contributed by atoms with van der Waals surface area (Å²) in [6, 6.07) is 28.6. The topological polar surface area (TPSA) is 17.0 Å². The maximum absolute atomic E-state index is 15.4. The molecule has 0 atom stereocenters. The Kier molecular flexibility index (Phi) is 5.87. The Morgan fingerprint density at radius 3 is 1.87 bits per heavy atom. The van der Waals surface area contributed by atoms with Gasteiger partial charge in [0.05, 0.1) is 11.1 Å². The molecule has 6 aromatic rings. The normalized spacial score (nSPS) is 11.7. The molecule has 0 aliphatic carbocycles. The van der Waals surface area contributed by atoms with Gasteiger partial charge in [-0.1, -0.05) is 74.5 Å². The van der Waals surface area contributed by atoms with Gasteiger partial charge in [-0.15, -0.1) is 0 Å². The summed E-state index contributed by atoms with van der Waals surface area (Å²) >= 11 is 0. The van der Waals surface area contributed by atoms with E-state index < -0.39 is 0 Å². The van der Waals surface area contributed by atoms with E-state index in [1.807, 2.05) is 25.2 Å². The van der Waals surface area contributed by atoms with E-state index in [-0.39, 0.29) is 5.82 Å². The molecule has 0 aliphatic rings. The Balaban J connectivity index is 1.50. The van der Waals surface area contributed by atoms with Crippen LogP contribution in [0.1, 0.15) is 36.5 Å². The molecule has 0 N–H and O–H groups in total. The van der Waals surface area contributed by atoms with Gasteiger partial charge in [0.25, 0.3) is 0 Å². The van der Waals surface area contributed by atoms with Crippen molar-refractivity contribution in [3.8, 4) is 33.5 Å². The van der Waals surface area contributed by atoms with Crippen molar-refractivity contribution in [2.75, 3.05) is 0 Å². The molecule has 0 fully saturated rings. The maximum Gasteiger partial charge on any atom is 0.216 e. The first-order valence-electron chi connectivity index (χ1n) is 13.1. The van der Waals surface area contributed by atoms with E-state index in [9.17, 15) is 0 Å². The van der Waals surface area contributed by atoms with Crippen molar-refractivity contribution in [2.45, 2.75) is 33.6 Å². The van der Waals surface area contributed by atoms with Crippen LogP contribution in [0.15, 0.2) is 95.5 Å². The SMILES string of the molecule is Cc1ccc(-c2c(C)ccc3c2oc2c(-c4ccc(-c5ccc(C(C)C)cc5)cc4)c(F)ccc23)[n+](C)c1. The molecular formula is C35H31FNO+. The highest BCUT2D eigenvalue weighted by molar-refractivity contribution is 6.13. The summed E-state index contributed by atoms with van der Waals surface area (Å²) in [6.45, 7) is 8.57. The second kappa shape index (κ2) is 9.25. The molecule has 0 radical (unpaired) electrons. The van der Waals surface area contributed by atoms with Crippen LogP contribution in [0.3, 0.4) is 0 Å². The van der Waals surface area contributed by atoms with E-state index in [1.165, 1.54) is 11.1 Å². The molecule has 6 rings (SSSR count). The highest BCUT2D eigenvalue weighted by Gasteiger charge is 2.23. The molecule has 0 saturated carbocycles. The van der Waals surface area contributed by atoms with Crippen molar-refractivity contribution >= 4 is 21.9 Å². The van der Waals surface area contributed by atoms with E-state index in [1.54, 1.807) is 6.07 Å². The fourth-order valence-electron chi connectivity index (χ4n) is 5.46. The number of nitrogens with zero attached hydrogens (tertiary/aromatic N) is 1. The van der Waals surface area contributed by atoms with Crippen LogP contribution in [0, 0.1) is 19.7 Å². The largest absolute Gasteiger partial charge is 0.454 e. The van der Waals surface area contributed by atoms with Gasteiger partial charge in [-0.3, -0.25) is 0 Å². The summed E-state index contributed by atoms with van der Waals surface area (Å²) < 4.78 is 24.1. The van der Waals surface area contributed by atoms with E-state index in [0.29, 0.717) is 17.1 Å². The summed E-state index contributed by atoms with van der Waals surface area (Å²) in [5.74, 6) is 0.210. The average Bonchev–Trinajstić information content (AvgIpc) is 3.28. The highest BCUT2D eigenvalue weighted by atomic mass is 19.1. The van der Waals surface area contributed by atoms with Gasteiger partial charge in [0, 0.05) is 22.4 Å². The Hall–Kier alpha value is -4.24. The molecule has 0 spiro atoms. The molecule has 2 nitrogen and oxygen atoms in total. The van der Waals surface area contributed by atoms with Gasteiger partial charge in [-0.2, -0.15) is 0 Å². The molecule has 188 valence electrons. The number of fused-ring (bicyclic) bond motifs is 3. The van der Waals surface area contributed by atoms with Crippen LogP contribution in [0.5, 0.6) is 0 Å². The zero-order chi connectivity index (χ0) is 26.6. The zero-order valence-corrected chi connectivity index (χ0v) is 22.5. The summed E-state index contributed by atoms with van der Waals surface area (Å²) in [4.78, 5) is 0. The maximum atomic E-state index is 15.4. The summed E-state index contributed by atoms with van der Waals surface area (Å²) in [5, 5.41) is 1.91. The molecule has 0 unspecified atom stereocenters. The van der Waals surface area contributed by atoms with E-state index in [4.69, 9.17) is 4.42 Å². The van der Waals surface area contributed by atoms with Crippen molar-refractivity contribution in [2.24, 2.45) is 7.05 Å². The van der Waals surface area contributed by atoms with Crippen LogP contribution in [-0.4, -0.2) is 0 Å². The van der Waals surface area contributed by atoms with Crippen molar-refractivity contribution < 1.29 is 13.4 Å². The van der Waals surface area contributed by atoms with Gasteiger partial charge in [0.1, 0.15) is 24.0 Å². The Morgan fingerprint density at radius 1 is 0.658 bits per heavy atom. The molecule has 0 saturated heterocycles. The van der Waals surface area contributed by atoms with E-state index in [0.717, 1.165) is 49.9 Å². The third kappa shape index (κ3) is 3.99. The number of aromatic nitrogens is 1. The van der Waals surface area contributed by atoms with Crippen LogP contribution >= 0.6 is 0 Å². The second-order valence-corrected chi connectivity index (χ2v) is 10.6. The number of hydrogen-bond donors (Lipinski definition) is 0. The van der Waals surface area contributed by atoms with Crippen LogP contribution in [-0.2, 0) is 7.05 Å². The Bertz CT molecular complexity index is 1810. The van der Waals surface area contributed by atoms with Crippen LogP contribution in [0.25, 0.3) is 55.4 Å². The standard InChI is InChI=1S/C35H31FNO/c1-21(2)24-8-10-25(11-9-24)26-12-14-27(15-13-26)33-30(36)18-17-29-28-16-7-23(4)32(34(28)38-35(29)33)31-19-6-22(3)20-37(31)5/h6-21H,1-5H3/q+1. The van der Waals surface area contributed by atoms with Gasteiger partial charge in [0.2, 0.25) is 5.69 Å². The fourth-order valence-corrected chi connectivity index (χ4v) is 5.46. The summed E-state index contributed by atoms with van der Waals surface area (Å²) in [5.41, 5.74) is 10.6. The number of furan rings is 1. The molecule has 0 bridgehead atoms. The van der Waals surface area contributed by atoms with Gasteiger partial charge in [-0.25, -0.2) is 8.96 Å². The smallest absolute Gasteiger partial charge is 0.216 e. The minimum absolute atomic E-state index is 0.287. The molecular weight excluding hydrogens is 469 g/mol. The Labute approximate surface area is 223 Å². The molecule has 0 aliphatic heterocycles. The number of rotatable bonds is 4. The van der Waals surface area contributed by atoms with Gasteiger partial charge in [-0.05, 0) is 65.8 Å². The zero-order valence-electron chi connectivity index (χ0n) is 22.5. The molecule has 2 heterocycles. The van der Waals surface area contributed by atoms with Crippen LogP contribution in [0.4, 0.5) is 4.39 Å². The highest BCUT2D eigenvalue weighted by Crippen LogP contribution is 2.41. The van der Waals surface area contributed by atoms with Crippen LogP contribution < -0.4 is 4.57 Å². The van der Waals surface area contributed by atoms with Gasteiger partial charge < -0.3 is 4.42 Å². The van der Waals surface area contributed by atoms with Crippen molar-refractivity contribution in [1.82, 2.24) is 0 Å². The first kappa shape index (κ1) is 24.1.